The predicted octanol–water partition coefficient (Wildman–Crippen LogP) is 3.75. The summed E-state index contributed by atoms with van der Waals surface area (Å²) in [5.74, 6) is 2.04. The number of methoxy groups -OCH3 is 1. The Balaban J connectivity index is 1.66. The Morgan fingerprint density at radius 1 is 1.15 bits per heavy atom. The van der Waals surface area contributed by atoms with Gasteiger partial charge >= 0.3 is 0 Å². The summed E-state index contributed by atoms with van der Waals surface area (Å²) in [6.45, 7) is 3.24. The minimum atomic E-state index is -0.171. The van der Waals surface area contributed by atoms with Gasteiger partial charge in [-0.3, -0.25) is 4.79 Å². The summed E-state index contributed by atoms with van der Waals surface area (Å²) in [5, 5.41) is 2.96. The summed E-state index contributed by atoms with van der Waals surface area (Å²) in [4.78, 5) is 12.2. The Labute approximate surface area is 153 Å². The van der Waals surface area contributed by atoms with E-state index >= 15 is 0 Å². The van der Waals surface area contributed by atoms with Crippen molar-refractivity contribution in [3.05, 3.63) is 59.7 Å². The van der Waals surface area contributed by atoms with Crippen molar-refractivity contribution in [3.63, 3.8) is 0 Å². The molecule has 0 aromatic heterocycles. The molecule has 3 rings (SSSR count). The smallest absolute Gasteiger partial charge is 0.244 e. The van der Waals surface area contributed by atoms with Crippen LogP contribution in [0.5, 0.6) is 17.2 Å². The van der Waals surface area contributed by atoms with Crippen molar-refractivity contribution in [3.8, 4) is 17.2 Å². The molecule has 1 unspecified atom stereocenters. The summed E-state index contributed by atoms with van der Waals surface area (Å²) < 4.78 is 16.6. The first kappa shape index (κ1) is 17.9. The molecule has 1 aliphatic rings. The van der Waals surface area contributed by atoms with Crippen LogP contribution in [0.15, 0.2) is 48.5 Å². The summed E-state index contributed by atoms with van der Waals surface area (Å²) in [6, 6.07) is 13.2. The predicted molar refractivity (Wildman–Crippen MR) is 101 cm³/mol. The van der Waals surface area contributed by atoms with Gasteiger partial charge in [-0.05, 0) is 36.8 Å². The zero-order chi connectivity index (χ0) is 18.4. The number of carbonyl (C=O) groups is 1. The summed E-state index contributed by atoms with van der Waals surface area (Å²) in [6.07, 6.45) is 4.12. The standard InChI is InChI=1S/C21H23NO4/c1-15(17-8-10-19-20(14-17)26-13-5-12-25-19)22-21(23)11-9-16-6-3-4-7-18(16)24-2/h3-4,6-11,14-15H,5,12-13H2,1-2H3,(H,22,23)/b11-9+. The lowest BCUT2D eigenvalue weighted by Crippen LogP contribution is -2.24. The SMILES string of the molecule is COc1ccccc1/C=C/C(=O)NC(C)c1ccc2c(c1)OCCCO2. The van der Waals surface area contributed by atoms with Crippen LogP contribution in [0, 0.1) is 0 Å². The largest absolute Gasteiger partial charge is 0.496 e. The first-order valence-electron chi connectivity index (χ1n) is 8.68. The molecule has 1 aliphatic heterocycles. The van der Waals surface area contributed by atoms with E-state index in [9.17, 15) is 4.79 Å². The lowest BCUT2D eigenvalue weighted by Gasteiger charge is -2.15. The average Bonchev–Trinajstić information content (AvgIpc) is 2.91. The van der Waals surface area contributed by atoms with Crippen LogP contribution < -0.4 is 19.5 Å². The Bertz CT molecular complexity index is 800. The Kier molecular flexibility index (Phi) is 5.79. The molecule has 0 aliphatic carbocycles. The van der Waals surface area contributed by atoms with Gasteiger partial charge in [0, 0.05) is 18.1 Å². The van der Waals surface area contributed by atoms with E-state index in [1.165, 1.54) is 6.08 Å². The van der Waals surface area contributed by atoms with Crippen molar-refractivity contribution in [1.82, 2.24) is 5.32 Å². The first-order chi connectivity index (χ1) is 12.7. The minimum Gasteiger partial charge on any atom is -0.496 e. The molecular formula is C21H23NO4. The monoisotopic (exact) mass is 353 g/mol. The molecule has 0 saturated carbocycles. The second kappa shape index (κ2) is 8.43. The molecule has 2 aromatic carbocycles. The minimum absolute atomic E-state index is 0.151. The highest BCUT2D eigenvalue weighted by Crippen LogP contribution is 2.32. The van der Waals surface area contributed by atoms with Crippen molar-refractivity contribution in [2.75, 3.05) is 20.3 Å². The van der Waals surface area contributed by atoms with E-state index in [0.29, 0.717) is 13.2 Å². The van der Waals surface area contributed by atoms with Gasteiger partial charge in [-0.2, -0.15) is 0 Å². The van der Waals surface area contributed by atoms with Gasteiger partial charge in [0.15, 0.2) is 11.5 Å². The number of fused-ring (bicyclic) bond motifs is 1. The highest BCUT2D eigenvalue weighted by molar-refractivity contribution is 5.92. The fraction of sp³-hybridized carbons (Fsp3) is 0.286. The molecule has 1 heterocycles. The van der Waals surface area contributed by atoms with Gasteiger partial charge in [0.1, 0.15) is 5.75 Å². The Morgan fingerprint density at radius 2 is 1.92 bits per heavy atom. The van der Waals surface area contributed by atoms with Gasteiger partial charge in [0.2, 0.25) is 5.91 Å². The van der Waals surface area contributed by atoms with E-state index in [-0.39, 0.29) is 11.9 Å². The van der Waals surface area contributed by atoms with Gasteiger partial charge in [0.25, 0.3) is 0 Å². The zero-order valence-corrected chi connectivity index (χ0v) is 15.0. The zero-order valence-electron chi connectivity index (χ0n) is 15.0. The Hall–Kier alpha value is -2.95. The van der Waals surface area contributed by atoms with Crippen LogP contribution in [0.25, 0.3) is 6.08 Å². The van der Waals surface area contributed by atoms with Crippen molar-refractivity contribution in [1.29, 1.82) is 0 Å². The topological polar surface area (TPSA) is 56.8 Å². The van der Waals surface area contributed by atoms with E-state index in [2.05, 4.69) is 5.32 Å². The van der Waals surface area contributed by atoms with Crippen LogP contribution in [-0.4, -0.2) is 26.2 Å². The third kappa shape index (κ3) is 4.36. The van der Waals surface area contributed by atoms with Crippen molar-refractivity contribution >= 4 is 12.0 Å². The lowest BCUT2D eigenvalue weighted by molar-refractivity contribution is -0.117. The fourth-order valence-electron chi connectivity index (χ4n) is 2.76. The number of carbonyl (C=O) groups excluding carboxylic acids is 1. The second-order valence-corrected chi connectivity index (χ2v) is 6.06. The third-order valence-electron chi connectivity index (χ3n) is 4.18. The maximum atomic E-state index is 12.2. The molecule has 136 valence electrons. The number of ether oxygens (including phenoxy) is 3. The highest BCUT2D eigenvalue weighted by Gasteiger charge is 2.14. The first-order valence-corrected chi connectivity index (χ1v) is 8.68. The fourth-order valence-corrected chi connectivity index (χ4v) is 2.76. The van der Waals surface area contributed by atoms with Crippen LogP contribution in [0.4, 0.5) is 0 Å². The van der Waals surface area contributed by atoms with Gasteiger partial charge in [-0.25, -0.2) is 0 Å². The van der Waals surface area contributed by atoms with Gasteiger partial charge in [0.05, 0.1) is 26.4 Å². The number of nitrogens with one attached hydrogen (secondary N) is 1. The van der Waals surface area contributed by atoms with Gasteiger partial charge in [-0.15, -0.1) is 0 Å². The van der Waals surface area contributed by atoms with Gasteiger partial charge in [-0.1, -0.05) is 24.3 Å². The molecular weight excluding hydrogens is 330 g/mol. The molecule has 1 atom stereocenters. The highest BCUT2D eigenvalue weighted by atomic mass is 16.5. The molecule has 5 nitrogen and oxygen atoms in total. The maximum absolute atomic E-state index is 12.2. The van der Waals surface area contributed by atoms with Crippen molar-refractivity contribution in [2.24, 2.45) is 0 Å². The molecule has 5 heteroatoms. The van der Waals surface area contributed by atoms with Crippen LogP contribution in [0.2, 0.25) is 0 Å². The molecule has 0 fully saturated rings. The molecule has 0 bridgehead atoms. The van der Waals surface area contributed by atoms with Crippen LogP contribution in [-0.2, 0) is 4.79 Å². The average molecular weight is 353 g/mol. The van der Waals surface area contributed by atoms with Crippen LogP contribution >= 0.6 is 0 Å². The second-order valence-electron chi connectivity index (χ2n) is 6.06. The number of hydrogen-bond acceptors (Lipinski definition) is 4. The number of para-hydroxylation sites is 1. The van der Waals surface area contributed by atoms with E-state index in [1.807, 2.05) is 49.4 Å². The quantitative estimate of drug-likeness (QED) is 0.832. The molecule has 1 N–H and O–H groups in total. The Morgan fingerprint density at radius 3 is 2.73 bits per heavy atom. The molecule has 0 saturated heterocycles. The molecule has 2 aromatic rings. The number of amides is 1. The van der Waals surface area contributed by atoms with E-state index < -0.39 is 0 Å². The molecule has 1 amide bonds. The summed E-state index contributed by atoms with van der Waals surface area (Å²) >= 11 is 0. The number of rotatable bonds is 5. The van der Waals surface area contributed by atoms with E-state index in [1.54, 1.807) is 13.2 Å². The van der Waals surface area contributed by atoms with Crippen molar-refractivity contribution in [2.45, 2.75) is 19.4 Å². The number of hydrogen-bond donors (Lipinski definition) is 1. The normalized spacial score (nSPS) is 14.5. The molecule has 0 spiro atoms. The van der Waals surface area contributed by atoms with E-state index in [4.69, 9.17) is 14.2 Å². The summed E-state index contributed by atoms with van der Waals surface area (Å²) in [7, 11) is 1.61. The summed E-state index contributed by atoms with van der Waals surface area (Å²) in [5.41, 5.74) is 1.82. The van der Waals surface area contributed by atoms with Crippen LogP contribution in [0.1, 0.15) is 30.5 Å². The van der Waals surface area contributed by atoms with Crippen LogP contribution in [0.3, 0.4) is 0 Å². The van der Waals surface area contributed by atoms with Gasteiger partial charge < -0.3 is 19.5 Å². The van der Waals surface area contributed by atoms with Crippen molar-refractivity contribution < 1.29 is 19.0 Å². The number of benzene rings is 2. The van der Waals surface area contributed by atoms with E-state index in [0.717, 1.165) is 34.8 Å². The third-order valence-corrected chi connectivity index (χ3v) is 4.18. The molecule has 0 radical (unpaired) electrons. The lowest BCUT2D eigenvalue weighted by atomic mass is 10.1. The molecule has 26 heavy (non-hydrogen) atoms. The maximum Gasteiger partial charge on any atom is 0.244 e.